The normalized spacial score (nSPS) is 12.4. The van der Waals surface area contributed by atoms with Crippen LogP contribution in [-0.4, -0.2) is 0 Å². The predicted octanol–water partition coefficient (Wildman–Crippen LogP) is 4.59. The Hall–Kier alpha value is -1.19. The van der Waals surface area contributed by atoms with Gasteiger partial charge in [-0.3, -0.25) is 0 Å². The molecular formula is C16H17BrFN. The van der Waals surface area contributed by atoms with E-state index < -0.39 is 0 Å². The van der Waals surface area contributed by atoms with Gasteiger partial charge in [0.1, 0.15) is 5.82 Å². The minimum atomic E-state index is -0.292. The molecule has 3 heteroatoms. The second-order valence-electron chi connectivity index (χ2n) is 4.65. The van der Waals surface area contributed by atoms with Gasteiger partial charge in [0.05, 0.1) is 10.5 Å². The molecule has 0 spiro atoms. The van der Waals surface area contributed by atoms with Crippen LogP contribution < -0.4 is 5.73 Å². The zero-order valence-corrected chi connectivity index (χ0v) is 12.5. The molecule has 1 atom stereocenters. The molecule has 0 aromatic heterocycles. The van der Waals surface area contributed by atoms with Crippen LogP contribution in [0.2, 0.25) is 0 Å². The summed E-state index contributed by atoms with van der Waals surface area (Å²) >= 11 is 3.15. The largest absolute Gasteiger partial charge is 0.320 e. The molecule has 0 saturated carbocycles. The highest BCUT2D eigenvalue weighted by atomic mass is 79.9. The number of rotatable bonds is 4. The van der Waals surface area contributed by atoms with E-state index in [0.29, 0.717) is 4.47 Å². The molecule has 2 rings (SSSR count). The molecule has 2 aromatic carbocycles. The lowest BCUT2D eigenvalue weighted by Gasteiger charge is -2.14. The molecule has 2 aromatic rings. The Kier molecular flexibility index (Phi) is 4.72. The molecule has 0 aliphatic heterocycles. The molecular weight excluding hydrogens is 305 g/mol. The number of nitrogens with two attached hydrogens (primary N) is 1. The summed E-state index contributed by atoms with van der Waals surface area (Å²) in [6, 6.07) is 12.9. The predicted molar refractivity (Wildman–Crippen MR) is 80.6 cm³/mol. The number of hydrogen-bond donors (Lipinski definition) is 1. The van der Waals surface area contributed by atoms with Gasteiger partial charge in [0.25, 0.3) is 0 Å². The number of hydrogen-bond acceptors (Lipinski definition) is 1. The van der Waals surface area contributed by atoms with Crippen molar-refractivity contribution in [1.82, 2.24) is 0 Å². The Morgan fingerprint density at radius 2 is 1.89 bits per heavy atom. The van der Waals surface area contributed by atoms with Crippen LogP contribution in [0.25, 0.3) is 0 Å². The molecule has 1 nitrogen and oxygen atoms in total. The SMILES string of the molecule is CCCc1cccc(C(N)c2ccc(Br)c(F)c2)c1. The minimum Gasteiger partial charge on any atom is -0.320 e. The Morgan fingerprint density at radius 3 is 2.58 bits per heavy atom. The third kappa shape index (κ3) is 3.43. The van der Waals surface area contributed by atoms with Crippen molar-refractivity contribution < 1.29 is 4.39 Å². The first-order valence-electron chi connectivity index (χ1n) is 6.41. The second-order valence-corrected chi connectivity index (χ2v) is 5.50. The van der Waals surface area contributed by atoms with Gasteiger partial charge < -0.3 is 5.73 Å². The molecule has 0 radical (unpaired) electrons. The van der Waals surface area contributed by atoms with E-state index >= 15 is 0 Å². The highest BCUT2D eigenvalue weighted by Crippen LogP contribution is 2.24. The maximum absolute atomic E-state index is 13.6. The zero-order valence-electron chi connectivity index (χ0n) is 10.9. The van der Waals surface area contributed by atoms with Gasteiger partial charge in [-0.05, 0) is 51.2 Å². The topological polar surface area (TPSA) is 26.0 Å². The maximum Gasteiger partial charge on any atom is 0.137 e. The van der Waals surface area contributed by atoms with E-state index in [0.717, 1.165) is 24.0 Å². The molecule has 0 fully saturated rings. The van der Waals surface area contributed by atoms with Gasteiger partial charge in [-0.1, -0.05) is 43.7 Å². The lowest BCUT2D eigenvalue weighted by Crippen LogP contribution is -2.12. The van der Waals surface area contributed by atoms with Crippen LogP contribution in [0.1, 0.15) is 36.1 Å². The third-order valence-electron chi connectivity index (χ3n) is 3.15. The molecule has 100 valence electrons. The zero-order chi connectivity index (χ0) is 13.8. The Bertz CT molecular complexity index is 568. The van der Waals surface area contributed by atoms with Crippen molar-refractivity contribution in [3.63, 3.8) is 0 Å². The first-order chi connectivity index (χ1) is 9.11. The van der Waals surface area contributed by atoms with Crippen molar-refractivity contribution in [3.05, 3.63) is 69.4 Å². The first-order valence-corrected chi connectivity index (χ1v) is 7.20. The fourth-order valence-corrected chi connectivity index (χ4v) is 2.38. The summed E-state index contributed by atoms with van der Waals surface area (Å²) in [5.74, 6) is -0.280. The standard InChI is InChI=1S/C16H17BrFN/c1-2-4-11-5-3-6-12(9-11)16(19)13-7-8-14(17)15(18)10-13/h3,5-10,16H,2,4,19H2,1H3. The van der Waals surface area contributed by atoms with Crippen molar-refractivity contribution in [2.75, 3.05) is 0 Å². The molecule has 0 heterocycles. The molecule has 0 saturated heterocycles. The molecule has 0 bridgehead atoms. The second kappa shape index (κ2) is 6.31. The van der Waals surface area contributed by atoms with E-state index in [2.05, 4.69) is 35.0 Å². The van der Waals surface area contributed by atoms with Crippen LogP contribution in [0, 0.1) is 5.82 Å². The van der Waals surface area contributed by atoms with Gasteiger partial charge in [0.15, 0.2) is 0 Å². The minimum absolute atomic E-state index is 0.280. The fraction of sp³-hybridized carbons (Fsp3) is 0.250. The van der Waals surface area contributed by atoms with Crippen molar-refractivity contribution in [3.8, 4) is 0 Å². The number of halogens is 2. The Labute approximate surface area is 121 Å². The highest BCUT2D eigenvalue weighted by molar-refractivity contribution is 9.10. The monoisotopic (exact) mass is 321 g/mol. The summed E-state index contributed by atoms with van der Waals surface area (Å²) in [6.07, 6.45) is 2.14. The highest BCUT2D eigenvalue weighted by Gasteiger charge is 2.11. The lowest BCUT2D eigenvalue weighted by molar-refractivity contribution is 0.617. The van der Waals surface area contributed by atoms with Crippen molar-refractivity contribution in [2.45, 2.75) is 25.8 Å². The molecule has 19 heavy (non-hydrogen) atoms. The number of aryl methyl sites for hydroxylation is 1. The van der Waals surface area contributed by atoms with Crippen LogP contribution in [0.15, 0.2) is 46.9 Å². The van der Waals surface area contributed by atoms with Crippen LogP contribution in [-0.2, 0) is 6.42 Å². The van der Waals surface area contributed by atoms with Gasteiger partial charge in [-0.15, -0.1) is 0 Å². The van der Waals surface area contributed by atoms with Gasteiger partial charge in [0, 0.05) is 0 Å². The van der Waals surface area contributed by atoms with Gasteiger partial charge in [-0.25, -0.2) is 4.39 Å². The molecule has 0 aliphatic rings. The van der Waals surface area contributed by atoms with E-state index in [1.165, 1.54) is 11.6 Å². The van der Waals surface area contributed by atoms with Crippen LogP contribution in [0.3, 0.4) is 0 Å². The summed E-state index contributed by atoms with van der Waals surface area (Å²) in [7, 11) is 0. The average molecular weight is 322 g/mol. The van der Waals surface area contributed by atoms with Crippen LogP contribution in [0.5, 0.6) is 0 Å². The lowest BCUT2D eigenvalue weighted by atomic mass is 9.97. The van der Waals surface area contributed by atoms with E-state index in [-0.39, 0.29) is 11.9 Å². The molecule has 0 aliphatic carbocycles. The average Bonchev–Trinajstić information content (AvgIpc) is 2.42. The summed E-state index contributed by atoms with van der Waals surface area (Å²) < 4.78 is 14.0. The van der Waals surface area contributed by atoms with Gasteiger partial charge in [0.2, 0.25) is 0 Å². The van der Waals surface area contributed by atoms with Crippen LogP contribution >= 0.6 is 15.9 Å². The molecule has 2 N–H and O–H groups in total. The summed E-state index contributed by atoms with van der Waals surface area (Å²) in [5, 5.41) is 0. The van der Waals surface area contributed by atoms with Gasteiger partial charge in [-0.2, -0.15) is 0 Å². The Balaban J connectivity index is 2.29. The summed E-state index contributed by atoms with van der Waals surface area (Å²) in [4.78, 5) is 0. The number of benzene rings is 2. The van der Waals surface area contributed by atoms with Gasteiger partial charge >= 0.3 is 0 Å². The van der Waals surface area contributed by atoms with E-state index in [9.17, 15) is 4.39 Å². The van der Waals surface area contributed by atoms with Crippen molar-refractivity contribution in [2.24, 2.45) is 5.73 Å². The Morgan fingerprint density at radius 1 is 1.16 bits per heavy atom. The molecule has 1 unspecified atom stereocenters. The van der Waals surface area contributed by atoms with E-state index in [4.69, 9.17) is 5.73 Å². The first kappa shape index (κ1) is 14.2. The van der Waals surface area contributed by atoms with Crippen molar-refractivity contribution >= 4 is 15.9 Å². The smallest absolute Gasteiger partial charge is 0.137 e. The quantitative estimate of drug-likeness (QED) is 0.875. The maximum atomic E-state index is 13.6. The third-order valence-corrected chi connectivity index (χ3v) is 3.79. The van der Waals surface area contributed by atoms with E-state index in [1.54, 1.807) is 6.07 Å². The van der Waals surface area contributed by atoms with Crippen LogP contribution in [0.4, 0.5) is 4.39 Å². The summed E-state index contributed by atoms with van der Waals surface area (Å²) in [5.41, 5.74) is 9.30. The fourth-order valence-electron chi connectivity index (χ4n) is 2.13. The van der Waals surface area contributed by atoms with E-state index in [1.807, 2.05) is 18.2 Å². The summed E-state index contributed by atoms with van der Waals surface area (Å²) in [6.45, 7) is 2.15. The molecule has 0 amide bonds. The van der Waals surface area contributed by atoms with Crippen molar-refractivity contribution in [1.29, 1.82) is 0 Å².